The fraction of sp³-hybridized carbons (Fsp3) is 0.190. The predicted octanol–water partition coefficient (Wildman–Crippen LogP) is 4.90. The van der Waals surface area contributed by atoms with Gasteiger partial charge in [0.2, 0.25) is 0 Å². The first-order chi connectivity index (χ1) is 13.0. The maximum Gasteiger partial charge on any atom is 0.255 e. The minimum absolute atomic E-state index is 0.158. The van der Waals surface area contributed by atoms with Crippen LogP contribution in [0.1, 0.15) is 10.4 Å². The van der Waals surface area contributed by atoms with Crippen LogP contribution in [0.25, 0.3) is 10.4 Å². The molecule has 0 aliphatic carbocycles. The minimum Gasteiger partial charge on any atom is -0.397 e. The molecule has 1 amide bonds. The Morgan fingerprint density at radius 1 is 1.15 bits per heavy atom. The molecule has 0 spiro atoms. The van der Waals surface area contributed by atoms with Crippen LogP contribution < -0.4 is 11.1 Å². The Labute approximate surface area is 168 Å². The average molecular weight is 398 g/mol. The third-order valence-electron chi connectivity index (χ3n) is 4.03. The van der Waals surface area contributed by atoms with Crippen molar-refractivity contribution in [3.05, 3.63) is 65.5 Å². The third kappa shape index (κ3) is 5.35. The molecule has 0 radical (unpaired) electrons. The third-order valence-corrected chi connectivity index (χ3v) is 5.94. The molecular weight excluding hydrogens is 374 g/mol. The topological polar surface area (TPSA) is 58.4 Å². The van der Waals surface area contributed by atoms with Crippen molar-refractivity contribution in [2.75, 3.05) is 37.4 Å². The van der Waals surface area contributed by atoms with E-state index < -0.39 is 0 Å². The Kier molecular flexibility index (Phi) is 6.55. The second-order valence-corrected chi connectivity index (χ2v) is 8.53. The second kappa shape index (κ2) is 9.08. The molecule has 3 aromatic rings. The Bertz CT molecular complexity index is 890. The molecule has 0 saturated carbocycles. The molecule has 1 aromatic heterocycles. The number of thiophene rings is 1. The summed E-state index contributed by atoms with van der Waals surface area (Å²) in [6.07, 6.45) is 0. The summed E-state index contributed by atoms with van der Waals surface area (Å²) in [5.41, 5.74) is 8.91. The number of hydrogen-bond acceptors (Lipinski definition) is 5. The van der Waals surface area contributed by atoms with Gasteiger partial charge in [0.05, 0.1) is 11.4 Å². The highest BCUT2D eigenvalue weighted by molar-refractivity contribution is 7.99. The standard InChI is InChI=1S/C21H23N3OS2/c1-24(2)11-13-26-17-8-5-15(6-9-17)21(25)23-19-14-16(7-10-18(19)22)20-4-3-12-27-20/h3-10,12,14H,11,13,22H2,1-2H3,(H,23,25). The molecule has 4 nitrogen and oxygen atoms in total. The summed E-state index contributed by atoms with van der Waals surface area (Å²) in [6, 6.07) is 17.5. The normalized spacial score (nSPS) is 10.9. The number of nitrogens with two attached hydrogens (primary N) is 1. The van der Waals surface area contributed by atoms with Gasteiger partial charge in [-0.3, -0.25) is 4.79 Å². The predicted molar refractivity (Wildman–Crippen MR) is 118 cm³/mol. The van der Waals surface area contributed by atoms with Crippen LogP contribution in [0, 0.1) is 0 Å². The Morgan fingerprint density at radius 3 is 2.59 bits per heavy atom. The number of rotatable bonds is 7. The molecule has 0 atom stereocenters. The Morgan fingerprint density at radius 2 is 1.93 bits per heavy atom. The lowest BCUT2D eigenvalue weighted by Gasteiger charge is -2.11. The van der Waals surface area contributed by atoms with E-state index in [0.29, 0.717) is 16.9 Å². The van der Waals surface area contributed by atoms with Gasteiger partial charge in [-0.25, -0.2) is 0 Å². The molecule has 0 unspecified atom stereocenters. The van der Waals surface area contributed by atoms with Gasteiger partial charge < -0.3 is 16.0 Å². The van der Waals surface area contributed by atoms with E-state index >= 15 is 0 Å². The lowest BCUT2D eigenvalue weighted by Crippen LogP contribution is -2.14. The summed E-state index contributed by atoms with van der Waals surface area (Å²) < 4.78 is 0. The number of carbonyl (C=O) groups excluding carboxylic acids is 1. The first-order valence-corrected chi connectivity index (χ1v) is 10.5. The van der Waals surface area contributed by atoms with Crippen molar-refractivity contribution in [1.82, 2.24) is 4.90 Å². The fourth-order valence-electron chi connectivity index (χ4n) is 2.50. The molecule has 6 heteroatoms. The van der Waals surface area contributed by atoms with Crippen molar-refractivity contribution < 1.29 is 4.79 Å². The van der Waals surface area contributed by atoms with E-state index in [-0.39, 0.29) is 5.91 Å². The van der Waals surface area contributed by atoms with Crippen molar-refractivity contribution in [2.45, 2.75) is 4.90 Å². The number of hydrogen-bond donors (Lipinski definition) is 2. The van der Waals surface area contributed by atoms with Crippen LogP contribution in [0.15, 0.2) is 64.9 Å². The lowest BCUT2D eigenvalue weighted by molar-refractivity contribution is 0.102. The van der Waals surface area contributed by atoms with E-state index in [4.69, 9.17) is 5.73 Å². The molecule has 3 rings (SSSR count). The quantitative estimate of drug-likeness (QED) is 0.440. The highest BCUT2D eigenvalue weighted by atomic mass is 32.2. The van der Waals surface area contributed by atoms with Gasteiger partial charge >= 0.3 is 0 Å². The summed E-state index contributed by atoms with van der Waals surface area (Å²) in [5, 5.41) is 4.96. The van der Waals surface area contributed by atoms with Crippen molar-refractivity contribution in [3.8, 4) is 10.4 Å². The van der Waals surface area contributed by atoms with Crippen LogP contribution in [0.4, 0.5) is 11.4 Å². The summed E-state index contributed by atoms with van der Waals surface area (Å²) >= 11 is 3.44. The highest BCUT2D eigenvalue weighted by Crippen LogP contribution is 2.30. The first-order valence-electron chi connectivity index (χ1n) is 8.65. The maximum atomic E-state index is 12.6. The van der Waals surface area contributed by atoms with Crippen molar-refractivity contribution >= 4 is 40.4 Å². The van der Waals surface area contributed by atoms with Crippen LogP contribution in [0.3, 0.4) is 0 Å². The molecular formula is C21H23N3OS2. The summed E-state index contributed by atoms with van der Waals surface area (Å²) in [7, 11) is 4.13. The number of anilines is 2. The van der Waals surface area contributed by atoms with Crippen LogP contribution >= 0.6 is 23.1 Å². The molecule has 2 aromatic carbocycles. The molecule has 0 bridgehead atoms. The largest absolute Gasteiger partial charge is 0.397 e. The molecule has 1 heterocycles. The zero-order chi connectivity index (χ0) is 19.2. The number of nitrogens with one attached hydrogen (secondary N) is 1. The zero-order valence-corrected chi connectivity index (χ0v) is 17.1. The second-order valence-electron chi connectivity index (χ2n) is 6.41. The van der Waals surface area contributed by atoms with E-state index in [0.717, 1.165) is 27.6 Å². The van der Waals surface area contributed by atoms with Gasteiger partial charge in [-0.2, -0.15) is 0 Å². The van der Waals surface area contributed by atoms with E-state index in [2.05, 4.69) is 30.4 Å². The number of amides is 1. The number of thioether (sulfide) groups is 1. The fourth-order valence-corrected chi connectivity index (χ4v) is 4.25. The molecule has 140 valence electrons. The zero-order valence-electron chi connectivity index (χ0n) is 15.4. The lowest BCUT2D eigenvalue weighted by atomic mass is 10.1. The van der Waals surface area contributed by atoms with Gasteiger partial charge in [-0.05, 0) is 67.5 Å². The van der Waals surface area contributed by atoms with Gasteiger partial charge in [0, 0.05) is 27.6 Å². The van der Waals surface area contributed by atoms with E-state index in [9.17, 15) is 4.79 Å². The summed E-state index contributed by atoms with van der Waals surface area (Å²) in [6.45, 7) is 1.02. The molecule has 0 aliphatic heterocycles. The molecule has 27 heavy (non-hydrogen) atoms. The number of benzene rings is 2. The molecule has 0 aliphatic rings. The average Bonchev–Trinajstić information content (AvgIpc) is 3.18. The van der Waals surface area contributed by atoms with Crippen LogP contribution in [0.2, 0.25) is 0 Å². The van der Waals surface area contributed by atoms with E-state index in [1.807, 2.05) is 53.9 Å². The van der Waals surface area contributed by atoms with Crippen LogP contribution in [-0.2, 0) is 0 Å². The van der Waals surface area contributed by atoms with Crippen molar-refractivity contribution in [1.29, 1.82) is 0 Å². The SMILES string of the molecule is CN(C)CCSc1ccc(C(=O)Nc2cc(-c3cccs3)ccc2N)cc1. The number of carbonyl (C=O) groups is 1. The number of nitrogens with zero attached hydrogens (tertiary/aromatic N) is 1. The minimum atomic E-state index is -0.158. The van der Waals surface area contributed by atoms with Gasteiger partial charge in [0.1, 0.15) is 0 Å². The smallest absolute Gasteiger partial charge is 0.255 e. The van der Waals surface area contributed by atoms with Gasteiger partial charge in [-0.1, -0.05) is 12.1 Å². The molecule has 3 N–H and O–H groups in total. The van der Waals surface area contributed by atoms with Gasteiger partial charge in [0.25, 0.3) is 5.91 Å². The molecule has 0 saturated heterocycles. The maximum absolute atomic E-state index is 12.6. The Hall–Kier alpha value is -2.28. The van der Waals surface area contributed by atoms with Crippen LogP contribution in [0.5, 0.6) is 0 Å². The summed E-state index contributed by atoms with van der Waals surface area (Å²) in [5.74, 6) is 0.861. The monoisotopic (exact) mass is 397 g/mol. The van der Waals surface area contributed by atoms with Gasteiger partial charge in [0.15, 0.2) is 0 Å². The van der Waals surface area contributed by atoms with Crippen molar-refractivity contribution in [2.24, 2.45) is 0 Å². The first kappa shape index (κ1) is 19.5. The van der Waals surface area contributed by atoms with Crippen molar-refractivity contribution in [3.63, 3.8) is 0 Å². The highest BCUT2D eigenvalue weighted by Gasteiger charge is 2.10. The van der Waals surface area contributed by atoms with E-state index in [1.165, 1.54) is 0 Å². The van der Waals surface area contributed by atoms with Crippen LogP contribution in [-0.4, -0.2) is 37.2 Å². The Balaban J connectivity index is 1.67. The van der Waals surface area contributed by atoms with Gasteiger partial charge in [-0.15, -0.1) is 23.1 Å². The summed E-state index contributed by atoms with van der Waals surface area (Å²) in [4.78, 5) is 17.1. The molecule has 0 fully saturated rings. The number of nitrogen functional groups attached to an aromatic ring is 1. The van der Waals surface area contributed by atoms with E-state index in [1.54, 1.807) is 23.1 Å².